The van der Waals surface area contributed by atoms with E-state index in [1.54, 1.807) is 12.1 Å². The van der Waals surface area contributed by atoms with E-state index in [1.807, 2.05) is 24.3 Å². The fraction of sp³-hybridized carbons (Fsp3) is 0.100. The molecule has 0 aliphatic carbocycles. The first-order valence-corrected chi connectivity index (χ1v) is 10.4. The standard InChI is InChI=1S/C20H15Br2N3O6/c21-13-6-7-14-12(9-13)5-8-17(20(14)22)31-11-19(27)24-23-18(26)10-30-16-4-2-1-3-15(16)25(28)29/h1-9H,10-11H2,(H,23,26)(H,24,27). The number of nitro groups is 1. The molecule has 3 aromatic carbocycles. The molecule has 2 amide bonds. The Morgan fingerprint density at radius 2 is 1.55 bits per heavy atom. The van der Waals surface area contributed by atoms with E-state index in [4.69, 9.17) is 9.47 Å². The van der Waals surface area contributed by atoms with E-state index < -0.39 is 23.3 Å². The Bertz CT molecular complexity index is 1150. The van der Waals surface area contributed by atoms with E-state index >= 15 is 0 Å². The van der Waals surface area contributed by atoms with Gasteiger partial charge in [0.15, 0.2) is 19.0 Å². The van der Waals surface area contributed by atoms with Crippen LogP contribution in [0, 0.1) is 10.1 Å². The van der Waals surface area contributed by atoms with Crippen LogP contribution in [-0.4, -0.2) is 30.0 Å². The Morgan fingerprint density at radius 3 is 2.23 bits per heavy atom. The van der Waals surface area contributed by atoms with E-state index in [9.17, 15) is 19.7 Å². The van der Waals surface area contributed by atoms with Gasteiger partial charge in [0.05, 0.1) is 9.40 Å². The van der Waals surface area contributed by atoms with Crippen LogP contribution in [0.4, 0.5) is 5.69 Å². The van der Waals surface area contributed by atoms with Gasteiger partial charge in [0.1, 0.15) is 5.75 Å². The van der Waals surface area contributed by atoms with Crippen LogP contribution in [-0.2, 0) is 9.59 Å². The molecule has 31 heavy (non-hydrogen) atoms. The Labute approximate surface area is 193 Å². The lowest BCUT2D eigenvalue weighted by Crippen LogP contribution is -2.45. The molecule has 0 fully saturated rings. The Morgan fingerprint density at radius 1 is 0.903 bits per heavy atom. The average Bonchev–Trinajstić information content (AvgIpc) is 2.75. The Kier molecular flexibility index (Phi) is 7.42. The van der Waals surface area contributed by atoms with Crippen molar-refractivity contribution in [1.82, 2.24) is 10.9 Å². The molecule has 160 valence electrons. The third-order valence-electron chi connectivity index (χ3n) is 4.00. The monoisotopic (exact) mass is 551 g/mol. The van der Waals surface area contributed by atoms with Crippen molar-refractivity contribution in [3.63, 3.8) is 0 Å². The van der Waals surface area contributed by atoms with Gasteiger partial charge in [-0.3, -0.25) is 30.6 Å². The number of halogens is 2. The number of hydrogen-bond acceptors (Lipinski definition) is 6. The van der Waals surface area contributed by atoms with Gasteiger partial charge in [-0.2, -0.15) is 0 Å². The molecule has 0 bridgehead atoms. The van der Waals surface area contributed by atoms with Crippen LogP contribution in [0.5, 0.6) is 11.5 Å². The maximum atomic E-state index is 12.0. The van der Waals surface area contributed by atoms with Crippen molar-refractivity contribution in [2.24, 2.45) is 0 Å². The van der Waals surface area contributed by atoms with Crippen LogP contribution in [0.15, 0.2) is 63.5 Å². The first-order valence-electron chi connectivity index (χ1n) is 8.79. The Hall–Kier alpha value is -3.18. The highest BCUT2D eigenvalue weighted by Crippen LogP contribution is 2.34. The number of nitro benzene ring substituents is 1. The molecule has 0 heterocycles. The molecular weight excluding hydrogens is 538 g/mol. The largest absolute Gasteiger partial charge is 0.483 e. The van der Waals surface area contributed by atoms with Crippen molar-refractivity contribution in [2.75, 3.05) is 13.2 Å². The van der Waals surface area contributed by atoms with E-state index in [-0.39, 0.29) is 18.0 Å². The minimum atomic E-state index is -0.691. The lowest BCUT2D eigenvalue weighted by Gasteiger charge is -2.12. The predicted molar refractivity (Wildman–Crippen MR) is 120 cm³/mol. The minimum absolute atomic E-state index is 0.0505. The summed E-state index contributed by atoms with van der Waals surface area (Å²) in [5.74, 6) is -0.868. The summed E-state index contributed by atoms with van der Waals surface area (Å²) in [4.78, 5) is 34.1. The summed E-state index contributed by atoms with van der Waals surface area (Å²) in [5, 5.41) is 12.8. The number of benzene rings is 3. The number of carbonyl (C=O) groups is 2. The molecule has 0 saturated carbocycles. The van der Waals surface area contributed by atoms with Crippen molar-refractivity contribution >= 4 is 60.1 Å². The van der Waals surface area contributed by atoms with Gasteiger partial charge in [-0.1, -0.05) is 40.2 Å². The van der Waals surface area contributed by atoms with Crippen LogP contribution < -0.4 is 20.3 Å². The second-order valence-corrected chi connectivity index (χ2v) is 7.85. The molecule has 0 saturated heterocycles. The lowest BCUT2D eigenvalue weighted by molar-refractivity contribution is -0.385. The van der Waals surface area contributed by atoms with Gasteiger partial charge < -0.3 is 9.47 Å². The summed E-state index contributed by atoms with van der Waals surface area (Å²) in [6, 6.07) is 15.0. The molecule has 0 aromatic heterocycles. The van der Waals surface area contributed by atoms with Gasteiger partial charge in [0, 0.05) is 10.5 Å². The third-order valence-corrected chi connectivity index (χ3v) is 5.31. The number of rotatable bonds is 7. The molecule has 2 N–H and O–H groups in total. The number of nitrogens with zero attached hydrogens (tertiary/aromatic N) is 1. The number of fused-ring (bicyclic) bond motifs is 1. The van der Waals surface area contributed by atoms with Crippen LogP contribution in [0.2, 0.25) is 0 Å². The normalized spacial score (nSPS) is 10.4. The van der Waals surface area contributed by atoms with E-state index in [0.717, 1.165) is 15.2 Å². The summed E-state index contributed by atoms with van der Waals surface area (Å²) in [7, 11) is 0. The summed E-state index contributed by atoms with van der Waals surface area (Å²) in [6.07, 6.45) is 0. The number of carbonyl (C=O) groups excluding carboxylic acids is 2. The molecule has 0 aliphatic rings. The zero-order valence-corrected chi connectivity index (χ0v) is 18.9. The highest BCUT2D eigenvalue weighted by molar-refractivity contribution is 9.11. The Balaban J connectivity index is 1.48. The maximum absolute atomic E-state index is 12.0. The highest BCUT2D eigenvalue weighted by Gasteiger charge is 2.15. The molecule has 11 heteroatoms. The first kappa shape index (κ1) is 22.5. The highest BCUT2D eigenvalue weighted by atomic mass is 79.9. The second-order valence-electron chi connectivity index (χ2n) is 6.14. The summed E-state index contributed by atoms with van der Waals surface area (Å²) >= 11 is 6.89. The zero-order valence-electron chi connectivity index (χ0n) is 15.8. The summed E-state index contributed by atoms with van der Waals surface area (Å²) in [6.45, 7) is -0.857. The van der Waals surface area contributed by atoms with Crippen molar-refractivity contribution in [3.05, 3.63) is 73.7 Å². The number of ether oxygens (including phenoxy) is 2. The van der Waals surface area contributed by atoms with E-state index in [2.05, 4.69) is 42.7 Å². The van der Waals surface area contributed by atoms with Crippen molar-refractivity contribution in [1.29, 1.82) is 0 Å². The molecule has 3 aromatic rings. The van der Waals surface area contributed by atoms with Gasteiger partial charge in [-0.05, 0) is 51.0 Å². The van der Waals surface area contributed by atoms with Gasteiger partial charge in [-0.15, -0.1) is 0 Å². The molecule has 0 atom stereocenters. The quantitative estimate of drug-likeness (QED) is 0.339. The molecule has 0 unspecified atom stereocenters. The smallest absolute Gasteiger partial charge is 0.310 e. The number of para-hydroxylation sites is 2. The fourth-order valence-electron chi connectivity index (χ4n) is 2.58. The molecule has 0 aliphatic heterocycles. The number of hydrazine groups is 1. The van der Waals surface area contributed by atoms with Crippen molar-refractivity contribution in [3.8, 4) is 11.5 Å². The summed E-state index contributed by atoms with van der Waals surface area (Å²) < 4.78 is 12.3. The van der Waals surface area contributed by atoms with Gasteiger partial charge in [0.2, 0.25) is 0 Å². The van der Waals surface area contributed by atoms with E-state index in [0.29, 0.717) is 10.2 Å². The molecule has 0 radical (unpaired) electrons. The SMILES string of the molecule is O=C(COc1ccccc1[N+](=O)[O-])NNC(=O)COc1ccc2cc(Br)ccc2c1Br. The van der Waals surface area contributed by atoms with Crippen LogP contribution in [0.3, 0.4) is 0 Å². The third kappa shape index (κ3) is 5.92. The minimum Gasteiger partial charge on any atom is -0.483 e. The van der Waals surface area contributed by atoms with Crippen LogP contribution in [0.1, 0.15) is 0 Å². The van der Waals surface area contributed by atoms with Crippen molar-refractivity contribution < 1.29 is 24.0 Å². The first-order chi connectivity index (χ1) is 14.8. The lowest BCUT2D eigenvalue weighted by atomic mass is 10.1. The fourth-order valence-corrected chi connectivity index (χ4v) is 3.57. The van der Waals surface area contributed by atoms with Gasteiger partial charge in [0.25, 0.3) is 11.8 Å². The number of hydrogen-bond donors (Lipinski definition) is 2. The molecule has 9 nitrogen and oxygen atoms in total. The zero-order chi connectivity index (χ0) is 22.4. The van der Waals surface area contributed by atoms with Crippen molar-refractivity contribution in [2.45, 2.75) is 0 Å². The molecular formula is C20H15Br2N3O6. The van der Waals surface area contributed by atoms with E-state index in [1.165, 1.54) is 18.2 Å². The number of amides is 2. The number of nitrogens with one attached hydrogen (secondary N) is 2. The maximum Gasteiger partial charge on any atom is 0.310 e. The molecule has 0 spiro atoms. The van der Waals surface area contributed by atoms with Gasteiger partial charge in [-0.25, -0.2) is 0 Å². The van der Waals surface area contributed by atoms with Crippen LogP contribution >= 0.6 is 31.9 Å². The van der Waals surface area contributed by atoms with Crippen LogP contribution in [0.25, 0.3) is 10.8 Å². The second kappa shape index (κ2) is 10.2. The van der Waals surface area contributed by atoms with Gasteiger partial charge >= 0.3 is 5.69 Å². The topological polar surface area (TPSA) is 120 Å². The summed E-state index contributed by atoms with van der Waals surface area (Å²) in [5.41, 5.74) is 4.09. The average molecular weight is 553 g/mol. The predicted octanol–water partition coefficient (Wildman–Crippen LogP) is 3.88. The molecule has 3 rings (SSSR count).